The van der Waals surface area contributed by atoms with Crippen LogP contribution >= 0.6 is 0 Å². The van der Waals surface area contributed by atoms with Gasteiger partial charge in [0, 0.05) is 13.1 Å². The van der Waals surface area contributed by atoms with Crippen LogP contribution in [0.25, 0.3) is 0 Å². The summed E-state index contributed by atoms with van der Waals surface area (Å²) in [7, 11) is 0. The molecule has 1 aliphatic heterocycles. The quantitative estimate of drug-likeness (QED) is 0.718. The first-order valence-electron chi connectivity index (χ1n) is 9.20. The molecule has 0 aromatic heterocycles. The number of nitrogens with one attached hydrogen (secondary N) is 1. The number of anilines is 2. The molecule has 30 heavy (non-hydrogen) atoms. The second-order valence-corrected chi connectivity index (χ2v) is 8.02. The van der Waals surface area contributed by atoms with Crippen molar-refractivity contribution < 1.29 is 32.3 Å². The van der Waals surface area contributed by atoms with Gasteiger partial charge in [0.1, 0.15) is 12.1 Å². The van der Waals surface area contributed by atoms with Crippen LogP contribution in [0.3, 0.4) is 0 Å². The van der Waals surface area contributed by atoms with E-state index in [1.165, 1.54) is 16.7 Å². The number of hydrogen-bond donors (Lipinski definition) is 2. The largest absolute Gasteiger partial charge is 0.444 e. The van der Waals surface area contributed by atoms with Crippen molar-refractivity contribution in [3.8, 4) is 0 Å². The fraction of sp³-hybridized carbons (Fsp3) is 0.526. The highest BCUT2D eigenvalue weighted by Crippen LogP contribution is 2.35. The monoisotopic (exact) mass is 430 g/mol. The van der Waals surface area contributed by atoms with Crippen molar-refractivity contribution in [1.82, 2.24) is 9.80 Å². The topological polar surface area (TPSA) is 105 Å². The number of piperazine rings is 1. The molecule has 8 nitrogen and oxygen atoms in total. The number of carbonyl (C=O) groups excluding carboxylic acids is 3. The van der Waals surface area contributed by atoms with Crippen LogP contribution in [-0.2, 0) is 20.5 Å². The van der Waals surface area contributed by atoms with Gasteiger partial charge in [0.25, 0.3) is 0 Å². The number of ether oxygens (including phenoxy) is 1. The van der Waals surface area contributed by atoms with Crippen molar-refractivity contribution in [3.05, 3.63) is 23.3 Å². The average Bonchev–Trinajstić information content (AvgIpc) is 2.58. The number of hydrogen-bond acceptors (Lipinski definition) is 5. The third-order valence-electron chi connectivity index (χ3n) is 4.29. The van der Waals surface area contributed by atoms with E-state index < -0.39 is 35.2 Å². The lowest BCUT2D eigenvalue weighted by atomic mass is 10.1. The van der Waals surface area contributed by atoms with E-state index in [0.717, 1.165) is 12.1 Å². The van der Waals surface area contributed by atoms with E-state index in [9.17, 15) is 27.6 Å². The Morgan fingerprint density at radius 1 is 1.20 bits per heavy atom. The van der Waals surface area contributed by atoms with Crippen LogP contribution in [0.1, 0.15) is 31.9 Å². The number of aryl methyl sites for hydroxylation is 1. The summed E-state index contributed by atoms with van der Waals surface area (Å²) in [4.78, 5) is 39.1. The lowest BCUT2D eigenvalue weighted by molar-refractivity contribution is -0.138. The van der Waals surface area contributed by atoms with Gasteiger partial charge in [-0.2, -0.15) is 13.2 Å². The fourth-order valence-corrected chi connectivity index (χ4v) is 2.79. The van der Waals surface area contributed by atoms with Crippen LogP contribution in [-0.4, -0.2) is 59.5 Å². The fourth-order valence-electron chi connectivity index (χ4n) is 2.79. The van der Waals surface area contributed by atoms with Crippen LogP contribution in [0.2, 0.25) is 0 Å². The number of alkyl halides is 3. The minimum absolute atomic E-state index is 0.0115. The Morgan fingerprint density at radius 2 is 1.83 bits per heavy atom. The van der Waals surface area contributed by atoms with Crippen LogP contribution in [0.5, 0.6) is 0 Å². The van der Waals surface area contributed by atoms with Gasteiger partial charge in [0.05, 0.1) is 23.5 Å². The minimum atomic E-state index is -4.59. The summed E-state index contributed by atoms with van der Waals surface area (Å²) in [5.74, 6) is -1.17. The molecule has 1 heterocycles. The Kier molecular flexibility index (Phi) is 6.53. The number of benzene rings is 1. The van der Waals surface area contributed by atoms with Gasteiger partial charge in [-0.25, -0.2) is 4.79 Å². The van der Waals surface area contributed by atoms with Gasteiger partial charge in [0.15, 0.2) is 0 Å². The Bertz CT molecular complexity index is 849. The first-order chi connectivity index (χ1) is 13.7. The summed E-state index contributed by atoms with van der Waals surface area (Å²) in [6.45, 7) is 6.13. The zero-order valence-electron chi connectivity index (χ0n) is 17.2. The maximum atomic E-state index is 13.0. The lowest BCUT2D eigenvalue weighted by Crippen LogP contribution is -2.54. The number of nitrogens with zero attached hydrogens (tertiary/aromatic N) is 2. The van der Waals surface area contributed by atoms with E-state index in [1.807, 2.05) is 0 Å². The molecule has 1 aromatic carbocycles. The highest BCUT2D eigenvalue weighted by atomic mass is 19.4. The molecule has 11 heteroatoms. The van der Waals surface area contributed by atoms with Crippen molar-refractivity contribution in [1.29, 1.82) is 0 Å². The molecular formula is C19H25F3N4O4. The van der Waals surface area contributed by atoms with Gasteiger partial charge in [-0.15, -0.1) is 0 Å². The molecule has 1 saturated heterocycles. The summed E-state index contributed by atoms with van der Waals surface area (Å²) in [6, 6.07) is 1.65. The normalized spacial score (nSPS) is 15.2. The smallest absolute Gasteiger partial charge is 0.416 e. The SMILES string of the molecule is Cc1cc(C(F)(F)F)cc(NC(=O)CN2CCN(C(=O)OC(C)(C)C)CC2=O)c1N. The maximum Gasteiger partial charge on any atom is 0.416 e. The first kappa shape index (κ1) is 23.3. The standard InChI is InChI=1S/C19H25F3N4O4/c1-11-7-12(19(20,21)22)8-13(16(11)23)24-14(27)9-25-5-6-26(10-15(25)28)17(29)30-18(2,3)4/h7-8H,5-6,9-10,23H2,1-4H3,(H,24,27). The number of amides is 3. The molecule has 3 N–H and O–H groups in total. The summed E-state index contributed by atoms with van der Waals surface area (Å²) in [5, 5.41) is 2.33. The zero-order valence-corrected chi connectivity index (χ0v) is 17.2. The van der Waals surface area contributed by atoms with Crippen LogP contribution < -0.4 is 11.1 Å². The van der Waals surface area contributed by atoms with Crippen LogP contribution in [0.15, 0.2) is 12.1 Å². The molecule has 1 fully saturated rings. The molecule has 0 bridgehead atoms. The molecule has 166 valence electrons. The van der Waals surface area contributed by atoms with Crippen molar-refractivity contribution in [2.45, 2.75) is 39.5 Å². The molecule has 1 aliphatic rings. The van der Waals surface area contributed by atoms with E-state index in [-0.39, 0.29) is 43.1 Å². The van der Waals surface area contributed by atoms with E-state index in [2.05, 4.69) is 5.32 Å². The first-order valence-corrected chi connectivity index (χ1v) is 9.20. The second-order valence-electron chi connectivity index (χ2n) is 8.02. The Hall–Kier alpha value is -2.98. The third-order valence-corrected chi connectivity index (χ3v) is 4.29. The van der Waals surface area contributed by atoms with E-state index in [1.54, 1.807) is 20.8 Å². The average molecular weight is 430 g/mol. The highest BCUT2D eigenvalue weighted by Gasteiger charge is 2.33. The molecule has 0 spiro atoms. The Labute approximate surface area is 172 Å². The van der Waals surface area contributed by atoms with Gasteiger partial charge in [-0.3, -0.25) is 14.5 Å². The number of rotatable bonds is 3. The number of nitrogens with two attached hydrogens (primary N) is 1. The summed E-state index contributed by atoms with van der Waals surface area (Å²) in [6.07, 6.45) is -5.22. The molecule has 0 unspecified atom stereocenters. The number of nitrogen functional groups attached to an aromatic ring is 1. The molecule has 0 radical (unpaired) electrons. The maximum absolute atomic E-state index is 13.0. The van der Waals surface area contributed by atoms with Gasteiger partial charge in [-0.1, -0.05) is 0 Å². The highest BCUT2D eigenvalue weighted by molar-refractivity contribution is 5.98. The van der Waals surface area contributed by atoms with Crippen LogP contribution in [0.4, 0.5) is 29.3 Å². The summed E-state index contributed by atoms with van der Waals surface area (Å²) >= 11 is 0. The van der Waals surface area contributed by atoms with E-state index >= 15 is 0 Å². The molecule has 2 rings (SSSR count). The van der Waals surface area contributed by atoms with Gasteiger partial charge in [-0.05, 0) is 45.4 Å². The van der Waals surface area contributed by atoms with E-state index in [4.69, 9.17) is 10.5 Å². The molecular weight excluding hydrogens is 405 g/mol. The zero-order chi connectivity index (χ0) is 22.9. The van der Waals surface area contributed by atoms with Crippen LogP contribution in [0, 0.1) is 6.92 Å². The third kappa shape index (κ3) is 6.01. The van der Waals surface area contributed by atoms with Crippen molar-refractivity contribution in [3.63, 3.8) is 0 Å². The van der Waals surface area contributed by atoms with Gasteiger partial charge in [0.2, 0.25) is 11.8 Å². The second kappa shape index (κ2) is 8.41. The lowest BCUT2D eigenvalue weighted by Gasteiger charge is -2.34. The minimum Gasteiger partial charge on any atom is -0.444 e. The molecule has 0 atom stereocenters. The van der Waals surface area contributed by atoms with Crippen molar-refractivity contribution in [2.24, 2.45) is 0 Å². The molecule has 0 saturated carbocycles. The number of carbonyl (C=O) groups is 3. The van der Waals surface area contributed by atoms with Crippen molar-refractivity contribution >= 4 is 29.3 Å². The predicted octanol–water partition coefficient (Wildman–Crippen LogP) is 2.61. The van der Waals surface area contributed by atoms with Gasteiger partial charge >= 0.3 is 12.3 Å². The molecule has 1 aromatic rings. The Balaban J connectivity index is 2.01. The molecule has 0 aliphatic carbocycles. The summed E-state index contributed by atoms with van der Waals surface area (Å²) < 4.78 is 44.2. The predicted molar refractivity (Wildman–Crippen MR) is 104 cm³/mol. The van der Waals surface area contributed by atoms with E-state index in [0.29, 0.717) is 0 Å². The number of halogens is 3. The Morgan fingerprint density at radius 3 is 2.37 bits per heavy atom. The summed E-state index contributed by atoms with van der Waals surface area (Å²) in [5.41, 5.74) is 4.14. The van der Waals surface area contributed by atoms with Crippen molar-refractivity contribution in [2.75, 3.05) is 37.2 Å². The van der Waals surface area contributed by atoms with Gasteiger partial charge < -0.3 is 20.7 Å². The molecule has 3 amide bonds.